The van der Waals surface area contributed by atoms with E-state index in [1.807, 2.05) is 25.3 Å². The van der Waals surface area contributed by atoms with Gasteiger partial charge in [0.05, 0.1) is 12.1 Å². The minimum absolute atomic E-state index is 0. The molecular formula is C15H22BrClN2O3S. The average molecular weight is 426 g/mol. The van der Waals surface area contributed by atoms with Gasteiger partial charge in [-0.25, -0.2) is 0 Å². The number of halogens is 2. The summed E-state index contributed by atoms with van der Waals surface area (Å²) in [5.41, 5.74) is 6.84. The second kappa shape index (κ2) is 9.61. The molecule has 0 saturated carbocycles. The summed E-state index contributed by atoms with van der Waals surface area (Å²) in [6.07, 6.45) is 2.67. The largest absolute Gasteiger partial charge is 0.486 e. The Hall–Kier alpha value is -0.630. The molecular weight excluding hydrogens is 404 g/mol. The summed E-state index contributed by atoms with van der Waals surface area (Å²) >= 11 is 5.21. The Labute approximate surface area is 155 Å². The Bertz CT molecular complexity index is 548. The van der Waals surface area contributed by atoms with E-state index in [1.54, 1.807) is 11.8 Å². The molecule has 1 aliphatic rings. The Morgan fingerprint density at radius 1 is 1.39 bits per heavy atom. The molecule has 3 N–H and O–H groups in total. The fraction of sp³-hybridized carbons (Fsp3) is 0.533. The highest BCUT2D eigenvalue weighted by Gasteiger charge is 2.21. The molecule has 0 saturated heterocycles. The summed E-state index contributed by atoms with van der Waals surface area (Å²) in [6, 6.07) is 3.13. The Morgan fingerprint density at radius 3 is 2.61 bits per heavy atom. The quantitative estimate of drug-likeness (QED) is 0.733. The van der Waals surface area contributed by atoms with Crippen molar-refractivity contribution in [2.45, 2.75) is 25.4 Å². The molecule has 0 spiro atoms. The lowest BCUT2D eigenvalue weighted by atomic mass is 10.1. The highest BCUT2D eigenvalue weighted by Crippen LogP contribution is 2.37. The first-order valence-corrected chi connectivity index (χ1v) is 9.35. The standard InChI is InChI=1S/C15H21BrN2O3S.ClH/c1-9(18-15(19)12(17)3-6-22-2)10-7-13-14(8-11(10)16)21-5-4-20-13;/h7-9,12H,3-6,17H2,1-2H3,(H,18,19);1H/t9?,12-;/m0./s1. The number of hydrogen-bond donors (Lipinski definition) is 2. The molecule has 130 valence electrons. The second-order valence-electron chi connectivity index (χ2n) is 5.14. The summed E-state index contributed by atoms with van der Waals surface area (Å²) in [4.78, 5) is 12.1. The van der Waals surface area contributed by atoms with Crippen molar-refractivity contribution >= 4 is 46.0 Å². The van der Waals surface area contributed by atoms with Crippen molar-refractivity contribution in [2.75, 3.05) is 25.2 Å². The molecule has 1 aromatic carbocycles. The zero-order chi connectivity index (χ0) is 16.1. The molecule has 1 heterocycles. The van der Waals surface area contributed by atoms with Gasteiger partial charge in [0.15, 0.2) is 11.5 Å². The van der Waals surface area contributed by atoms with E-state index in [0.29, 0.717) is 25.4 Å². The molecule has 1 unspecified atom stereocenters. The van der Waals surface area contributed by atoms with Crippen molar-refractivity contribution < 1.29 is 14.3 Å². The maximum absolute atomic E-state index is 12.1. The van der Waals surface area contributed by atoms with Gasteiger partial charge in [0.25, 0.3) is 0 Å². The molecule has 0 bridgehead atoms. The highest BCUT2D eigenvalue weighted by molar-refractivity contribution is 9.10. The molecule has 1 amide bonds. The normalized spacial score (nSPS) is 15.3. The lowest BCUT2D eigenvalue weighted by Gasteiger charge is -2.23. The maximum atomic E-state index is 12.1. The predicted octanol–water partition coefficient (Wildman–Crippen LogP) is 2.90. The van der Waals surface area contributed by atoms with E-state index < -0.39 is 6.04 Å². The van der Waals surface area contributed by atoms with Gasteiger partial charge in [-0.2, -0.15) is 11.8 Å². The number of ether oxygens (including phenoxy) is 2. The molecule has 0 aliphatic carbocycles. The first kappa shape index (κ1) is 20.4. The van der Waals surface area contributed by atoms with E-state index in [1.165, 1.54) is 0 Å². The van der Waals surface area contributed by atoms with Crippen molar-refractivity contribution in [3.63, 3.8) is 0 Å². The molecule has 0 aromatic heterocycles. The fourth-order valence-electron chi connectivity index (χ4n) is 2.19. The van der Waals surface area contributed by atoms with Crippen LogP contribution in [0.4, 0.5) is 0 Å². The van der Waals surface area contributed by atoms with Crippen LogP contribution in [0.3, 0.4) is 0 Å². The third-order valence-corrected chi connectivity index (χ3v) is 4.79. The van der Waals surface area contributed by atoms with Gasteiger partial charge >= 0.3 is 0 Å². The van der Waals surface area contributed by atoms with Gasteiger partial charge in [-0.05, 0) is 43.0 Å². The summed E-state index contributed by atoms with van der Waals surface area (Å²) in [5.74, 6) is 2.16. The number of carbonyl (C=O) groups is 1. The molecule has 23 heavy (non-hydrogen) atoms. The zero-order valence-corrected chi connectivity index (χ0v) is 16.4. The predicted molar refractivity (Wildman–Crippen MR) is 99.9 cm³/mol. The smallest absolute Gasteiger partial charge is 0.237 e. The molecule has 5 nitrogen and oxygen atoms in total. The molecule has 0 radical (unpaired) electrons. The number of thioether (sulfide) groups is 1. The van der Waals surface area contributed by atoms with Crippen LogP contribution in [-0.4, -0.2) is 37.2 Å². The summed E-state index contributed by atoms with van der Waals surface area (Å²) in [6.45, 7) is 3.01. The molecule has 2 rings (SSSR count). The van der Waals surface area contributed by atoms with Crippen LogP contribution in [0.1, 0.15) is 24.9 Å². The van der Waals surface area contributed by atoms with Crippen LogP contribution >= 0.6 is 40.1 Å². The van der Waals surface area contributed by atoms with Gasteiger partial charge < -0.3 is 20.5 Å². The summed E-state index contributed by atoms with van der Waals surface area (Å²) in [5, 5.41) is 2.95. The average Bonchev–Trinajstić information content (AvgIpc) is 2.51. The van der Waals surface area contributed by atoms with Crippen LogP contribution in [0.25, 0.3) is 0 Å². The molecule has 1 aliphatic heterocycles. The van der Waals surface area contributed by atoms with Gasteiger partial charge in [0.2, 0.25) is 5.91 Å². The van der Waals surface area contributed by atoms with Crippen LogP contribution < -0.4 is 20.5 Å². The van der Waals surface area contributed by atoms with E-state index in [0.717, 1.165) is 21.5 Å². The highest BCUT2D eigenvalue weighted by atomic mass is 79.9. The van der Waals surface area contributed by atoms with Gasteiger partial charge in [-0.15, -0.1) is 12.4 Å². The Kier molecular flexibility index (Phi) is 8.53. The van der Waals surface area contributed by atoms with Crippen LogP contribution in [0.15, 0.2) is 16.6 Å². The van der Waals surface area contributed by atoms with E-state index in [2.05, 4.69) is 21.2 Å². The number of nitrogens with one attached hydrogen (secondary N) is 1. The maximum Gasteiger partial charge on any atom is 0.237 e. The number of benzene rings is 1. The van der Waals surface area contributed by atoms with E-state index >= 15 is 0 Å². The molecule has 2 atom stereocenters. The minimum Gasteiger partial charge on any atom is -0.486 e. The zero-order valence-electron chi connectivity index (χ0n) is 13.1. The van der Waals surface area contributed by atoms with Crippen LogP contribution in [-0.2, 0) is 4.79 Å². The van der Waals surface area contributed by atoms with Crippen molar-refractivity contribution in [1.29, 1.82) is 0 Å². The number of rotatable bonds is 6. The monoisotopic (exact) mass is 424 g/mol. The number of amides is 1. The van der Waals surface area contributed by atoms with Crippen molar-refractivity contribution in [2.24, 2.45) is 5.73 Å². The molecule has 8 heteroatoms. The Balaban J connectivity index is 0.00000264. The van der Waals surface area contributed by atoms with E-state index in [9.17, 15) is 4.79 Å². The van der Waals surface area contributed by atoms with Gasteiger partial charge in [-0.1, -0.05) is 15.9 Å². The van der Waals surface area contributed by atoms with Crippen molar-refractivity contribution in [1.82, 2.24) is 5.32 Å². The Morgan fingerprint density at radius 2 is 2.00 bits per heavy atom. The third-order valence-electron chi connectivity index (χ3n) is 3.46. The number of fused-ring (bicyclic) bond motifs is 1. The van der Waals surface area contributed by atoms with E-state index in [4.69, 9.17) is 15.2 Å². The van der Waals surface area contributed by atoms with Crippen molar-refractivity contribution in [3.05, 3.63) is 22.2 Å². The molecule has 1 aromatic rings. The SMILES string of the molecule is CSCC[C@H](N)C(=O)NC(C)c1cc2c(cc1Br)OCCO2.Cl. The van der Waals surface area contributed by atoms with Crippen LogP contribution in [0.2, 0.25) is 0 Å². The second-order valence-corrected chi connectivity index (χ2v) is 6.98. The van der Waals surface area contributed by atoms with Gasteiger partial charge in [0, 0.05) is 4.47 Å². The number of carbonyl (C=O) groups excluding carboxylic acids is 1. The lowest BCUT2D eigenvalue weighted by Crippen LogP contribution is -2.42. The minimum atomic E-state index is -0.481. The van der Waals surface area contributed by atoms with E-state index in [-0.39, 0.29) is 24.4 Å². The first-order chi connectivity index (χ1) is 10.5. The lowest BCUT2D eigenvalue weighted by molar-refractivity contribution is -0.123. The topological polar surface area (TPSA) is 73.6 Å². The van der Waals surface area contributed by atoms with Gasteiger partial charge in [0.1, 0.15) is 13.2 Å². The summed E-state index contributed by atoms with van der Waals surface area (Å²) < 4.78 is 12.0. The number of nitrogens with two attached hydrogens (primary N) is 1. The fourth-order valence-corrected chi connectivity index (χ4v) is 3.34. The molecule has 0 fully saturated rings. The summed E-state index contributed by atoms with van der Waals surface area (Å²) in [7, 11) is 0. The first-order valence-electron chi connectivity index (χ1n) is 7.17. The van der Waals surface area contributed by atoms with Crippen LogP contribution in [0, 0.1) is 0 Å². The van der Waals surface area contributed by atoms with Gasteiger partial charge in [-0.3, -0.25) is 4.79 Å². The van der Waals surface area contributed by atoms with Crippen molar-refractivity contribution in [3.8, 4) is 11.5 Å². The number of hydrogen-bond acceptors (Lipinski definition) is 5. The van der Waals surface area contributed by atoms with Crippen LogP contribution in [0.5, 0.6) is 11.5 Å². The third kappa shape index (κ3) is 5.45.